The van der Waals surface area contributed by atoms with E-state index in [9.17, 15) is 9.59 Å². The van der Waals surface area contributed by atoms with Gasteiger partial charge in [0.05, 0.1) is 11.4 Å². The second-order valence-corrected chi connectivity index (χ2v) is 9.39. The van der Waals surface area contributed by atoms with Crippen LogP contribution in [-0.2, 0) is 11.4 Å². The van der Waals surface area contributed by atoms with Crippen molar-refractivity contribution in [1.82, 2.24) is 4.90 Å². The molecule has 0 aliphatic carbocycles. The number of thioether (sulfide) groups is 1. The van der Waals surface area contributed by atoms with Crippen molar-refractivity contribution in [1.29, 1.82) is 0 Å². The highest BCUT2D eigenvalue weighted by Gasteiger charge is 2.35. The lowest BCUT2D eigenvalue weighted by Gasteiger charge is -2.13. The van der Waals surface area contributed by atoms with Gasteiger partial charge in [0.15, 0.2) is 0 Å². The summed E-state index contributed by atoms with van der Waals surface area (Å²) in [5, 5.41) is 0.739. The van der Waals surface area contributed by atoms with Gasteiger partial charge in [-0.3, -0.25) is 14.5 Å². The molecule has 3 aromatic rings. The van der Waals surface area contributed by atoms with Crippen LogP contribution in [0.25, 0.3) is 6.08 Å². The lowest BCUT2D eigenvalue weighted by Crippen LogP contribution is -2.32. The van der Waals surface area contributed by atoms with E-state index >= 15 is 0 Å². The van der Waals surface area contributed by atoms with Crippen LogP contribution in [0.15, 0.2) is 71.6 Å². The number of para-hydroxylation sites is 1. The maximum absolute atomic E-state index is 12.9. The molecule has 1 fully saturated rings. The zero-order chi connectivity index (χ0) is 24.1. The molecular weight excluding hydrogens is 493 g/mol. The molecule has 0 bridgehead atoms. The van der Waals surface area contributed by atoms with Gasteiger partial charge in [0, 0.05) is 21.2 Å². The second-order valence-electron chi connectivity index (χ2n) is 7.56. The highest BCUT2D eigenvalue weighted by atomic mass is 35.5. The summed E-state index contributed by atoms with van der Waals surface area (Å²) in [4.78, 5) is 26.8. The molecule has 0 unspecified atom stereocenters. The molecule has 0 saturated carbocycles. The SMILES string of the molecule is Cc1ccc(OCCN2C(=O)S/C(=C\c3ccccc3OCc3ccc(Cl)cc3Cl)C2=O)cc1. The van der Waals surface area contributed by atoms with E-state index in [1.54, 1.807) is 30.3 Å². The summed E-state index contributed by atoms with van der Waals surface area (Å²) in [6, 6.07) is 20.1. The lowest BCUT2D eigenvalue weighted by molar-refractivity contribution is -0.123. The van der Waals surface area contributed by atoms with Gasteiger partial charge in [0.1, 0.15) is 24.7 Å². The lowest BCUT2D eigenvalue weighted by atomic mass is 10.1. The van der Waals surface area contributed by atoms with Gasteiger partial charge in [-0.05, 0) is 55.1 Å². The van der Waals surface area contributed by atoms with Crippen molar-refractivity contribution in [3.63, 3.8) is 0 Å². The smallest absolute Gasteiger partial charge is 0.293 e. The van der Waals surface area contributed by atoms with E-state index < -0.39 is 0 Å². The first-order chi connectivity index (χ1) is 16.4. The van der Waals surface area contributed by atoms with Crippen molar-refractivity contribution in [2.75, 3.05) is 13.2 Å². The maximum Gasteiger partial charge on any atom is 0.293 e. The highest BCUT2D eigenvalue weighted by molar-refractivity contribution is 8.18. The van der Waals surface area contributed by atoms with Gasteiger partial charge in [-0.2, -0.15) is 0 Å². The zero-order valence-corrected chi connectivity index (χ0v) is 20.6. The fraction of sp³-hybridized carbons (Fsp3) is 0.154. The van der Waals surface area contributed by atoms with E-state index in [1.165, 1.54) is 4.90 Å². The number of halogens is 2. The van der Waals surface area contributed by atoms with Crippen LogP contribution in [0.3, 0.4) is 0 Å². The molecule has 1 aliphatic heterocycles. The predicted octanol–water partition coefficient (Wildman–Crippen LogP) is 7.00. The Bertz CT molecular complexity index is 1240. The van der Waals surface area contributed by atoms with Gasteiger partial charge >= 0.3 is 0 Å². The van der Waals surface area contributed by atoms with Crippen molar-refractivity contribution < 1.29 is 19.1 Å². The summed E-state index contributed by atoms with van der Waals surface area (Å²) in [7, 11) is 0. The third kappa shape index (κ3) is 5.95. The summed E-state index contributed by atoms with van der Waals surface area (Å²) >= 11 is 13.1. The number of ether oxygens (including phenoxy) is 2. The van der Waals surface area contributed by atoms with Crippen LogP contribution in [0.4, 0.5) is 4.79 Å². The van der Waals surface area contributed by atoms with Crippen molar-refractivity contribution in [3.8, 4) is 11.5 Å². The number of rotatable bonds is 8. The standard InChI is InChI=1S/C26H21Cl2NO4S/c1-17-6-10-21(11-7-17)32-13-12-29-25(30)24(34-26(29)31)14-18-4-2-3-5-23(18)33-16-19-8-9-20(27)15-22(19)28/h2-11,14-15H,12-13,16H2,1H3/b24-14-. The number of aryl methyl sites for hydroxylation is 1. The summed E-state index contributed by atoms with van der Waals surface area (Å²) in [6.07, 6.45) is 1.67. The predicted molar refractivity (Wildman–Crippen MR) is 137 cm³/mol. The first kappa shape index (κ1) is 24.2. The van der Waals surface area contributed by atoms with Crippen LogP contribution in [0, 0.1) is 6.92 Å². The number of amides is 2. The Morgan fingerprint density at radius 1 is 0.971 bits per heavy atom. The van der Waals surface area contributed by atoms with Crippen molar-refractivity contribution in [2.45, 2.75) is 13.5 Å². The molecule has 1 saturated heterocycles. The average Bonchev–Trinajstić information content (AvgIpc) is 3.08. The number of benzene rings is 3. The number of hydrogen-bond donors (Lipinski definition) is 0. The Balaban J connectivity index is 1.42. The zero-order valence-electron chi connectivity index (χ0n) is 18.3. The molecule has 0 radical (unpaired) electrons. The van der Waals surface area contributed by atoms with Crippen LogP contribution in [0.5, 0.6) is 11.5 Å². The molecule has 34 heavy (non-hydrogen) atoms. The van der Waals surface area contributed by atoms with Crippen LogP contribution in [-0.4, -0.2) is 29.2 Å². The van der Waals surface area contributed by atoms with E-state index in [1.807, 2.05) is 49.4 Å². The molecule has 1 aliphatic rings. The Hall–Kier alpha value is -2.93. The highest BCUT2D eigenvalue weighted by Crippen LogP contribution is 2.34. The van der Waals surface area contributed by atoms with E-state index in [2.05, 4.69) is 0 Å². The minimum absolute atomic E-state index is 0.170. The summed E-state index contributed by atoms with van der Waals surface area (Å²) in [5.41, 5.74) is 2.60. The molecule has 0 aromatic heterocycles. The van der Waals surface area contributed by atoms with E-state index in [-0.39, 0.29) is 30.9 Å². The van der Waals surface area contributed by atoms with Gasteiger partial charge in [-0.15, -0.1) is 0 Å². The normalized spacial score (nSPS) is 14.7. The van der Waals surface area contributed by atoms with Gasteiger partial charge in [0.2, 0.25) is 0 Å². The van der Waals surface area contributed by atoms with E-state index in [0.717, 1.165) is 22.9 Å². The fourth-order valence-electron chi connectivity index (χ4n) is 3.25. The minimum atomic E-state index is -0.349. The number of hydrogen-bond acceptors (Lipinski definition) is 5. The second kappa shape index (κ2) is 11.0. The fourth-order valence-corrected chi connectivity index (χ4v) is 4.57. The van der Waals surface area contributed by atoms with Gasteiger partial charge in [-0.1, -0.05) is 65.2 Å². The van der Waals surface area contributed by atoms with Gasteiger partial charge < -0.3 is 9.47 Å². The Labute approximate surface area is 212 Å². The largest absolute Gasteiger partial charge is 0.492 e. The Morgan fingerprint density at radius 2 is 1.74 bits per heavy atom. The first-order valence-corrected chi connectivity index (χ1v) is 12.1. The van der Waals surface area contributed by atoms with Crippen LogP contribution < -0.4 is 9.47 Å². The molecule has 0 spiro atoms. The third-order valence-electron chi connectivity index (χ3n) is 5.08. The summed E-state index contributed by atoms with van der Waals surface area (Å²) < 4.78 is 11.6. The molecule has 5 nitrogen and oxygen atoms in total. The number of imide groups is 1. The van der Waals surface area contributed by atoms with Crippen molar-refractivity contribution >= 4 is 52.2 Å². The number of carbonyl (C=O) groups is 2. The van der Waals surface area contributed by atoms with E-state index in [4.69, 9.17) is 32.7 Å². The van der Waals surface area contributed by atoms with E-state index in [0.29, 0.717) is 32.0 Å². The van der Waals surface area contributed by atoms with Crippen LogP contribution in [0.2, 0.25) is 10.0 Å². The Morgan fingerprint density at radius 3 is 2.50 bits per heavy atom. The summed E-state index contributed by atoms with van der Waals surface area (Å²) in [6.45, 7) is 2.62. The molecule has 3 aromatic carbocycles. The maximum atomic E-state index is 12.9. The molecule has 1 heterocycles. The molecule has 0 N–H and O–H groups in total. The Kier molecular flexibility index (Phi) is 7.83. The van der Waals surface area contributed by atoms with Crippen LogP contribution in [0.1, 0.15) is 16.7 Å². The molecule has 8 heteroatoms. The molecule has 4 rings (SSSR count). The molecule has 2 amide bonds. The third-order valence-corrected chi connectivity index (χ3v) is 6.58. The quantitative estimate of drug-likeness (QED) is 0.303. The monoisotopic (exact) mass is 513 g/mol. The van der Waals surface area contributed by atoms with Crippen molar-refractivity contribution in [3.05, 3.63) is 98.4 Å². The van der Waals surface area contributed by atoms with Gasteiger partial charge in [-0.25, -0.2) is 0 Å². The first-order valence-electron chi connectivity index (χ1n) is 10.5. The van der Waals surface area contributed by atoms with Crippen molar-refractivity contribution in [2.24, 2.45) is 0 Å². The van der Waals surface area contributed by atoms with Crippen LogP contribution >= 0.6 is 35.0 Å². The minimum Gasteiger partial charge on any atom is -0.492 e. The average molecular weight is 514 g/mol. The molecular formula is C26H21Cl2NO4S. The topological polar surface area (TPSA) is 55.8 Å². The number of carbonyl (C=O) groups excluding carboxylic acids is 2. The molecule has 174 valence electrons. The summed E-state index contributed by atoms with van der Waals surface area (Å²) in [5.74, 6) is 0.918. The van der Waals surface area contributed by atoms with Gasteiger partial charge in [0.25, 0.3) is 11.1 Å². The number of nitrogens with zero attached hydrogens (tertiary/aromatic N) is 1. The molecule has 0 atom stereocenters.